The lowest BCUT2D eigenvalue weighted by Gasteiger charge is -2.34. The molecule has 1 atom stereocenters. The van der Waals surface area contributed by atoms with E-state index in [1.54, 1.807) is 19.1 Å². The number of nitrogens with one attached hydrogen (secondary N) is 1. The van der Waals surface area contributed by atoms with Crippen LogP contribution in [0.15, 0.2) is 77.7 Å². The molecule has 3 aromatic carbocycles. The molecule has 1 unspecified atom stereocenters. The number of halogens is 4. The Labute approximate surface area is 261 Å². The van der Waals surface area contributed by atoms with Crippen molar-refractivity contribution in [3.8, 4) is 0 Å². The molecule has 0 aliphatic heterocycles. The molecule has 0 radical (unpaired) electrons. The molecule has 0 aromatic heterocycles. The summed E-state index contributed by atoms with van der Waals surface area (Å²) in [4.78, 5) is 28.8. The third-order valence-electron chi connectivity index (χ3n) is 7.68. The van der Waals surface area contributed by atoms with Gasteiger partial charge in [-0.3, -0.25) is 13.9 Å². The van der Waals surface area contributed by atoms with E-state index in [9.17, 15) is 31.2 Å². The highest BCUT2D eigenvalue weighted by atomic mass is 35.5. The van der Waals surface area contributed by atoms with Gasteiger partial charge in [0, 0.05) is 12.6 Å². The molecule has 0 saturated heterocycles. The summed E-state index contributed by atoms with van der Waals surface area (Å²) in [5.41, 5.74) is 0.00974. The number of hydrogen-bond acceptors (Lipinski definition) is 4. The number of carbonyl (C=O) groups excluding carboxylic acids is 2. The number of rotatable bonds is 11. The lowest BCUT2D eigenvalue weighted by molar-refractivity contribution is -0.140. The molecule has 1 fully saturated rings. The van der Waals surface area contributed by atoms with Gasteiger partial charge in [-0.1, -0.05) is 79.4 Å². The fraction of sp³-hybridized carbons (Fsp3) is 0.375. The minimum Gasteiger partial charge on any atom is -0.352 e. The van der Waals surface area contributed by atoms with Crippen LogP contribution in [-0.4, -0.2) is 43.8 Å². The van der Waals surface area contributed by atoms with E-state index in [-0.39, 0.29) is 29.8 Å². The molecule has 0 bridgehead atoms. The second kappa shape index (κ2) is 14.0. The third kappa shape index (κ3) is 7.92. The molecular formula is C32H35ClF3N3O4S. The first kappa shape index (κ1) is 33.3. The van der Waals surface area contributed by atoms with Crippen LogP contribution in [0.5, 0.6) is 0 Å². The normalized spacial score (nSPS) is 14.7. The molecule has 44 heavy (non-hydrogen) atoms. The number of anilines is 1. The number of carbonyl (C=O) groups is 2. The molecule has 0 spiro atoms. The lowest BCUT2D eigenvalue weighted by Crippen LogP contribution is -2.53. The number of amides is 2. The second-order valence-corrected chi connectivity index (χ2v) is 13.2. The Hall–Kier alpha value is -3.57. The molecule has 12 heteroatoms. The highest BCUT2D eigenvalue weighted by Crippen LogP contribution is 2.38. The fourth-order valence-corrected chi connectivity index (χ4v) is 7.08. The minimum atomic E-state index is -4.87. The van der Waals surface area contributed by atoms with Crippen LogP contribution < -0.4 is 9.62 Å². The molecule has 1 aliphatic carbocycles. The van der Waals surface area contributed by atoms with Gasteiger partial charge in [-0.15, -0.1) is 0 Å². The third-order valence-corrected chi connectivity index (χ3v) is 9.79. The van der Waals surface area contributed by atoms with Crippen molar-refractivity contribution in [1.29, 1.82) is 0 Å². The maximum atomic E-state index is 14.2. The van der Waals surface area contributed by atoms with Gasteiger partial charge < -0.3 is 10.2 Å². The molecule has 1 saturated carbocycles. The zero-order chi connectivity index (χ0) is 32.1. The van der Waals surface area contributed by atoms with Crippen LogP contribution in [0.4, 0.5) is 18.9 Å². The van der Waals surface area contributed by atoms with E-state index in [1.165, 1.54) is 29.2 Å². The van der Waals surface area contributed by atoms with E-state index in [2.05, 4.69) is 5.32 Å². The number of nitrogens with zero attached hydrogens (tertiary/aromatic N) is 2. The van der Waals surface area contributed by atoms with Crippen molar-refractivity contribution in [2.75, 3.05) is 10.8 Å². The molecule has 7 nitrogen and oxygen atoms in total. The first-order chi connectivity index (χ1) is 20.8. The number of sulfonamides is 1. The van der Waals surface area contributed by atoms with Crippen LogP contribution in [0, 0.1) is 6.92 Å². The van der Waals surface area contributed by atoms with Gasteiger partial charge in [-0.05, 0) is 62.1 Å². The van der Waals surface area contributed by atoms with Gasteiger partial charge in [0.05, 0.1) is 21.2 Å². The highest BCUT2D eigenvalue weighted by Gasteiger charge is 2.37. The summed E-state index contributed by atoms with van der Waals surface area (Å²) in [6.07, 6.45) is -1.00. The van der Waals surface area contributed by atoms with Crippen LogP contribution in [0.25, 0.3) is 0 Å². The Kier molecular flexibility index (Phi) is 10.6. The Morgan fingerprint density at radius 2 is 1.68 bits per heavy atom. The van der Waals surface area contributed by atoms with Crippen molar-refractivity contribution in [2.24, 2.45) is 0 Å². The number of aryl methyl sites for hydroxylation is 1. The van der Waals surface area contributed by atoms with Gasteiger partial charge in [0.2, 0.25) is 11.8 Å². The summed E-state index contributed by atoms with van der Waals surface area (Å²) in [6, 6.07) is 16.2. The summed E-state index contributed by atoms with van der Waals surface area (Å²) < 4.78 is 69.9. The molecule has 3 aromatic rings. The fourth-order valence-electron chi connectivity index (χ4n) is 5.43. The van der Waals surface area contributed by atoms with Gasteiger partial charge in [-0.2, -0.15) is 13.2 Å². The van der Waals surface area contributed by atoms with Crippen molar-refractivity contribution >= 4 is 39.1 Å². The number of hydrogen-bond donors (Lipinski definition) is 1. The average molecular weight is 650 g/mol. The van der Waals surface area contributed by atoms with Crippen molar-refractivity contribution < 1.29 is 31.2 Å². The molecule has 2 amide bonds. The number of benzene rings is 3. The Morgan fingerprint density at radius 3 is 2.30 bits per heavy atom. The maximum absolute atomic E-state index is 14.2. The van der Waals surface area contributed by atoms with Crippen LogP contribution in [-0.2, 0) is 32.3 Å². The zero-order valence-corrected chi connectivity index (χ0v) is 26.1. The van der Waals surface area contributed by atoms with E-state index in [0.717, 1.165) is 43.4 Å². The Morgan fingerprint density at radius 1 is 1.00 bits per heavy atom. The predicted octanol–water partition coefficient (Wildman–Crippen LogP) is 6.73. The molecule has 0 heterocycles. The zero-order valence-electron chi connectivity index (χ0n) is 24.5. The Bertz CT molecular complexity index is 1580. The van der Waals surface area contributed by atoms with E-state index in [0.29, 0.717) is 15.9 Å². The Balaban J connectivity index is 1.77. The van der Waals surface area contributed by atoms with Gasteiger partial charge in [-0.25, -0.2) is 8.42 Å². The van der Waals surface area contributed by atoms with E-state index >= 15 is 0 Å². The monoisotopic (exact) mass is 649 g/mol. The first-order valence-corrected chi connectivity index (χ1v) is 16.2. The van der Waals surface area contributed by atoms with Gasteiger partial charge in [0.25, 0.3) is 10.0 Å². The van der Waals surface area contributed by atoms with Crippen LogP contribution in [0.2, 0.25) is 5.02 Å². The average Bonchev–Trinajstić information content (AvgIpc) is 3.49. The lowest BCUT2D eigenvalue weighted by atomic mass is 10.1. The van der Waals surface area contributed by atoms with Crippen LogP contribution in [0.1, 0.15) is 55.7 Å². The van der Waals surface area contributed by atoms with E-state index in [4.69, 9.17) is 11.6 Å². The van der Waals surface area contributed by atoms with Gasteiger partial charge >= 0.3 is 6.18 Å². The standard InChI is InChI=1S/C32H35ClF3N3O4S/c1-3-29(31(41)37-24-12-7-8-13-24)38(20-23-11-9-10-22(2)18-23)30(40)21-39(44(42,43)26-14-5-4-6-15-26)25-16-17-28(33)27(19-25)32(34,35)36/h4-6,9-11,14-19,24,29H,3,7-8,12-13,20-21H2,1-2H3,(H,37,41). The predicted molar refractivity (Wildman–Crippen MR) is 164 cm³/mol. The second-order valence-electron chi connectivity index (χ2n) is 10.9. The van der Waals surface area contributed by atoms with Crippen LogP contribution >= 0.6 is 11.6 Å². The number of alkyl halides is 3. The summed E-state index contributed by atoms with van der Waals surface area (Å²) in [5, 5.41) is 2.42. The largest absolute Gasteiger partial charge is 0.417 e. The molecule has 236 valence electrons. The van der Waals surface area contributed by atoms with E-state index in [1.807, 2.05) is 25.1 Å². The van der Waals surface area contributed by atoms with Crippen molar-refractivity contribution in [3.05, 3.63) is 94.5 Å². The topological polar surface area (TPSA) is 86.8 Å². The summed E-state index contributed by atoms with van der Waals surface area (Å²) in [7, 11) is -4.53. The molecule has 1 aliphatic rings. The van der Waals surface area contributed by atoms with Crippen LogP contribution in [0.3, 0.4) is 0 Å². The summed E-state index contributed by atoms with van der Waals surface area (Å²) >= 11 is 5.83. The minimum absolute atomic E-state index is 0.00918. The SMILES string of the molecule is CCC(C(=O)NC1CCCC1)N(Cc1cccc(C)c1)C(=O)CN(c1ccc(Cl)c(C(F)(F)F)c1)S(=O)(=O)c1ccccc1. The summed E-state index contributed by atoms with van der Waals surface area (Å²) in [5.74, 6) is -1.10. The van der Waals surface area contributed by atoms with Gasteiger partial charge in [0.1, 0.15) is 12.6 Å². The molecule has 4 rings (SSSR count). The molecule has 1 N–H and O–H groups in total. The van der Waals surface area contributed by atoms with Crippen molar-refractivity contribution in [1.82, 2.24) is 10.2 Å². The van der Waals surface area contributed by atoms with Crippen molar-refractivity contribution in [2.45, 2.75) is 75.7 Å². The van der Waals surface area contributed by atoms with Gasteiger partial charge in [0.15, 0.2) is 0 Å². The quantitative estimate of drug-likeness (QED) is 0.250. The highest BCUT2D eigenvalue weighted by molar-refractivity contribution is 7.92. The van der Waals surface area contributed by atoms with Crippen molar-refractivity contribution in [3.63, 3.8) is 0 Å². The smallest absolute Gasteiger partial charge is 0.352 e. The molecular weight excluding hydrogens is 615 g/mol. The summed E-state index contributed by atoms with van der Waals surface area (Å²) in [6.45, 7) is 2.77. The van der Waals surface area contributed by atoms with E-state index < -0.39 is 51.0 Å². The first-order valence-electron chi connectivity index (χ1n) is 14.4. The maximum Gasteiger partial charge on any atom is 0.417 e.